The van der Waals surface area contributed by atoms with Crippen LogP contribution < -0.4 is 0 Å². The molecular weight excluding hydrogens is 332 g/mol. The lowest BCUT2D eigenvalue weighted by molar-refractivity contribution is -0.272. The maximum atomic E-state index is 10.6. The predicted octanol–water partition coefficient (Wildman–Crippen LogP) is 4.33. The molecule has 4 nitrogen and oxygen atoms in total. The molecule has 2 saturated carbocycles. The van der Waals surface area contributed by atoms with Gasteiger partial charge in [-0.1, -0.05) is 27.7 Å². The third-order valence-electron chi connectivity index (χ3n) is 7.46. The molecule has 1 saturated heterocycles. The van der Waals surface area contributed by atoms with Gasteiger partial charge >= 0.3 is 0 Å². The molecule has 0 aromatic rings. The summed E-state index contributed by atoms with van der Waals surface area (Å²) in [7, 11) is -1.73. The molecule has 3 fully saturated rings. The molecule has 1 heterocycles. The van der Waals surface area contributed by atoms with Crippen molar-refractivity contribution in [3.63, 3.8) is 0 Å². The largest absolute Gasteiger partial charge is 0.414 e. The minimum Gasteiger partial charge on any atom is -0.414 e. The van der Waals surface area contributed by atoms with E-state index in [1.54, 1.807) is 0 Å². The zero-order chi connectivity index (χ0) is 18.5. The van der Waals surface area contributed by atoms with Gasteiger partial charge in [0.25, 0.3) is 0 Å². The molecule has 3 aliphatic rings. The lowest BCUT2D eigenvalue weighted by Crippen LogP contribution is -2.54. The van der Waals surface area contributed by atoms with Crippen molar-refractivity contribution in [1.82, 2.24) is 0 Å². The van der Waals surface area contributed by atoms with Crippen LogP contribution in [-0.2, 0) is 13.9 Å². The van der Waals surface area contributed by atoms with Gasteiger partial charge in [-0.25, -0.2) is 0 Å². The topological polar surface area (TPSA) is 47.9 Å². The fourth-order valence-electron chi connectivity index (χ4n) is 4.84. The quantitative estimate of drug-likeness (QED) is 0.707. The predicted molar refractivity (Wildman–Crippen MR) is 102 cm³/mol. The first kappa shape index (κ1) is 19.8. The van der Waals surface area contributed by atoms with Crippen molar-refractivity contribution >= 4 is 8.32 Å². The van der Waals surface area contributed by atoms with Gasteiger partial charge in [-0.05, 0) is 55.7 Å². The van der Waals surface area contributed by atoms with E-state index in [-0.39, 0.29) is 16.9 Å². The van der Waals surface area contributed by atoms with E-state index in [0.29, 0.717) is 37.1 Å². The molecule has 1 N–H and O–H groups in total. The van der Waals surface area contributed by atoms with E-state index in [2.05, 4.69) is 40.8 Å². The average molecular weight is 371 g/mol. The van der Waals surface area contributed by atoms with Crippen LogP contribution in [0.4, 0.5) is 0 Å². The van der Waals surface area contributed by atoms with Gasteiger partial charge in [-0.2, -0.15) is 0 Å². The van der Waals surface area contributed by atoms with Gasteiger partial charge in [-0.3, -0.25) is 0 Å². The Balaban J connectivity index is 1.54. The number of aliphatic hydroxyl groups is 1. The van der Waals surface area contributed by atoms with Crippen LogP contribution in [0.15, 0.2) is 0 Å². The Labute approximate surface area is 154 Å². The van der Waals surface area contributed by atoms with Crippen LogP contribution in [0, 0.1) is 17.8 Å². The number of hydrogen-bond acceptors (Lipinski definition) is 4. The standard InChI is InChI=1S/C20H38O4Si/c1-7-14(24-25(5,6)19(2,3)4)8-9-15-16-13-20(22-10-11-23-20)17(16)12-18(15)21/h14-18,21H,7-13H2,1-6H3. The molecule has 1 aliphatic heterocycles. The van der Waals surface area contributed by atoms with Crippen molar-refractivity contribution in [3.05, 3.63) is 0 Å². The maximum absolute atomic E-state index is 10.6. The SMILES string of the molecule is CCC(CCC1C(O)CC2C1CC21OCCO1)O[Si](C)(C)C(C)(C)C. The smallest absolute Gasteiger partial charge is 0.192 e. The van der Waals surface area contributed by atoms with E-state index in [0.717, 1.165) is 32.1 Å². The molecule has 0 aromatic carbocycles. The van der Waals surface area contributed by atoms with E-state index in [1.165, 1.54) is 0 Å². The molecule has 3 rings (SSSR count). The van der Waals surface area contributed by atoms with Crippen molar-refractivity contribution in [2.45, 2.75) is 95.9 Å². The van der Waals surface area contributed by atoms with Crippen LogP contribution in [0.1, 0.15) is 59.8 Å². The second-order valence-corrected chi connectivity index (χ2v) is 14.7. The van der Waals surface area contributed by atoms with Crippen LogP contribution in [-0.4, -0.2) is 44.6 Å². The Morgan fingerprint density at radius 1 is 1.24 bits per heavy atom. The third-order valence-corrected chi connectivity index (χ3v) is 12.0. The summed E-state index contributed by atoms with van der Waals surface area (Å²) < 4.78 is 18.4. The summed E-state index contributed by atoms with van der Waals surface area (Å²) in [5.41, 5.74) is 0. The fourth-order valence-corrected chi connectivity index (χ4v) is 6.31. The van der Waals surface area contributed by atoms with Crippen LogP contribution in [0.25, 0.3) is 0 Å². The molecule has 0 amide bonds. The number of hydrogen-bond donors (Lipinski definition) is 1. The molecule has 5 heteroatoms. The highest BCUT2D eigenvalue weighted by Crippen LogP contribution is 2.60. The summed E-state index contributed by atoms with van der Waals surface area (Å²) in [4.78, 5) is 0. The van der Waals surface area contributed by atoms with E-state index in [4.69, 9.17) is 13.9 Å². The van der Waals surface area contributed by atoms with Crippen LogP contribution >= 0.6 is 0 Å². The summed E-state index contributed by atoms with van der Waals surface area (Å²) in [5, 5.41) is 10.9. The Hall–Kier alpha value is 0.0569. The first-order chi connectivity index (χ1) is 11.6. The Morgan fingerprint density at radius 3 is 2.44 bits per heavy atom. The van der Waals surface area contributed by atoms with Gasteiger partial charge in [0.2, 0.25) is 0 Å². The van der Waals surface area contributed by atoms with Gasteiger partial charge < -0.3 is 19.0 Å². The number of aliphatic hydroxyl groups excluding tert-OH is 1. The zero-order valence-corrected chi connectivity index (χ0v) is 18.0. The minimum absolute atomic E-state index is 0.201. The summed E-state index contributed by atoms with van der Waals surface area (Å²) in [6.45, 7) is 15.2. The highest BCUT2D eigenvalue weighted by molar-refractivity contribution is 6.74. The maximum Gasteiger partial charge on any atom is 0.192 e. The average Bonchev–Trinajstić information content (AvgIpc) is 3.09. The molecule has 0 aromatic heterocycles. The Kier molecular flexibility index (Phi) is 5.47. The van der Waals surface area contributed by atoms with E-state index in [1.807, 2.05) is 0 Å². The van der Waals surface area contributed by atoms with Crippen LogP contribution in [0.3, 0.4) is 0 Å². The van der Waals surface area contributed by atoms with Crippen LogP contribution in [0.5, 0.6) is 0 Å². The number of fused-ring (bicyclic) bond motifs is 2. The van der Waals surface area contributed by atoms with Crippen molar-refractivity contribution in [1.29, 1.82) is 0 Å². The third kappa shape index (κ3) is 3.60. The zero-order valence-electron chi connectivity index (χ0n) is 17.0. The highest BCUT2D eigenvalue weighted by Gasteiger charge is 2.64. The van der Waals surface area contributed by atoms with E-state index in [9.17, 15) is 5.11 Å². The van der Waals surface area contributed by atoms with E-state index < -0.39 is 8.32 Å². The van der Waals surface area contributed by atoms with E-state index >= 15 is 0 Å². The summed E-state index contributed by atoms with van der Waals surface area (Å²) in [5.74, 6) is 1.01. The minimum atomic E-state index is -1.73. The van der Waals surface area contributed by atoms with Gasteiger partial charge in [0, 0.05) is 18.4 Å². The monoisotopic (exact) mass is 370 g/mol. The first-order valence-corrected chi connectivity index (χ1v) is 13.1. The molecule has 25 heavy (non-hydrogen) atoms. The second kappa shape index (κ2) is 6.90. The summed E-state index contributed by atoms with van der Waals surface area (Å²) in [6.07, 6.45) is 5.11. The molecule has 0 bridgehead atoms. The molecular formula is C20H38O4Si. The van der Waals surface area contributed by atoms with Crippen molar-refractivity contribution in [2.24, 2.45) is 17.8 Å². The molecule has 5 atom stereocenters. The number of ether oxygens (including phenoxy) is 2. The molecule has 5 unspecified atom stereocenters. The molecule has 1 spiro atoms. The molecule has 146 valence electrons. The summed E-state index contributed by atoms with van der Waals surface area (Å²) >= 11 is 0. The molecule has 2 aliphatic carbocycles. The normalized spacial score (nSPS) is 35.6. The van der Waals surface area contributed by atoms with Gasteiger partial charge in [0.15, 0.2) is 14.1 Å². The van der Waals surface area contributed by atoms with Crippen molar-refractivity contribution in [3.8, 4) is 0 Å². The highest BCUT2D eigenvalue weighted by atomic mass is 28.4. The fraction of sp³-hybridized carbons (Fsp3) is 1.00. The lowest BCUT2D eigenvalue weighted by atomic mass is 9.66. The summed E-state index contributed by atoms with van der Waals surface area (Å²) in [6, 6.07) is 0. The van der Waals surface area contributed by atoms with Gasteiger partial charge in [-0.15, -0.1) is 0 Å². The van der Waals surface area contributed by atoms with Crippen LogP contribution in [0.2, 0.25) is 18.1 Å². The Morgan fingerprint density at radius 2 is 1.88 bits per heavy atom. The second-order valence-electron chi connectivity index (χ2n) is 9.94. The van der Waals surface area contributed by atoms with Gasteiger partial charge in [0.1, 0.15) is 0 Å². The molecule has 0 radical (unpaired) electrons. The van der Waals surface area contributed by atoms with Crippen molar-refractivity contribution < 1.29 is 19.0 Å². The van der Waals surface area contributed by atoms with Crippen molar-refractivity contribution in [2.75, 3.05) is 13.2 Å². The van der Waals surface area contributed by atoms with Gasteiger partial charge in [0.05, 0.1) is 19.3 Å². The first-order valence-electron chi connectivity index (χ1n) is 10.2. The Bertz CT molecular complexity index is 467. The number of rotatable bonds is 6. The lowest BCUT2D eigenvalue weighted by Gasteiger charge is -2.49.